The van der Waals surface area contributed by atoms with Crippen LogP contribution in [0.3, 0.4) is 0 Å². The van der Waals surface area contributed by atoms with Gasteiger partial charge < -0.3 is 10.6 Å². The molecule has 1 fully saturated rings. The van der Waals surface area contributed by atoms with Gasteiger partial charge in [-0.05, 0) is 37.8 Å². The molecule has 0 saturated carbocycles. The van der Waals surface area contributed by atoms with E-state index >= 15 is 0 Å². The van der Waals surface area contributed by atoms with Crippen molar-refractivity contribution in [3.05, 3.63) is 29.8 Å². The average molecular weight is 303 g/mol. The Labute approximate surface area is 129 Å². The largest absolute Gasteiger partial charge is 0.398 e. The van der Waals surface area contributed by atoms with Crippen molar-refractivity contribution in [2.45, 2.75) is 38.6 Å². The molecular formula is C16H21N3O3. The maximum absolute atomic E-state index is 12.2. The Morgan fingerprint density at radius 2 is 2.00 bits per heavy atom. The Kier molecular flexibility index (Phi) is 5.14. The van der Waals surface area contributed by atoms with E-state index in [2.05, 4.69) is 5.32 Å². The lowest BCUT2D eigenvalue weighted by atomic mass is 10.00. The molecule has 0 radical (unpaired) electrons. The van der Waals surface area contributed by atoms with Gasteiger partial charge in [-0.15, -0.1) is 0 Å². The lowest BCUT2D eigenvalue weighted by Gasteiger charge is -2.34. The summed E-state index contributed by atoms with van der Waals surface area (Å²) in [7, 11) is 0. The van der Waals surface area contributed by atoms with E-state index in [1.807, 2.05) is 6.92 Å². The molecule has 1 saturated heterocycles. The van der Waals surface area contributed by atoms with Gasteiger partial charge in [-0.25, -0.2) is 0 Å². The van der Waals surface area contributed by atoms with Crippen molar-refractivity contribution in [1.82, 2.24) is 10.2 Å². The van der Waals surface area contributed by atoms with Crippen molar-refractivity contribution in [3.8, 4) is 0 Å². The van der Waals surface area contributed by atoms with Gasteiger partial charge in [-0.3, -0.25) is 19.7 Å². The number of rotatable bonds is 2. The maximum Gasteiger partial charge on any atom is 0.316 e. The van der Waals surface area contributed by atoms with Gasteiger partial charge in [0.2, 0.25) is 0 Å². The normalized spacial score (nSPS) is 17.9. The minimum atomic E-state index is -0.895. The number of carbonyl (C=O) groups is 3. The van der Waals surface area contributed by atoms with Crippen LogP contribution in [0, 0.1) is 0 Å². The minimum absolute atomic E-state index is 0.0731. The fourth-order valence-electron chi connectivity index (χ4n) is 2.75. The second-order valence-corrected chi connectivity index (χ2v) is 5.43. The smallest absolute Gasteiger partial charge is 0.316 e. The van der Waals surface area contributed by atoms with Crippen molar-refractivity contribution < 1.29 is 14.4 Å². The molecule has 6 nitrogen and oxygen atoms in total. The average Bonchev–Trinajstić information content (AvgIpc) is 2.54. The highest BCUT2D eigenvalue weighted by Gasteiger charge is 2.30. The highest BCUT2D eigenvalue weighted by atomic mass is 16.2. The van der Waals surface area contributed by atoms with Crippen LogP contribution in [0.4, 0.5) is 5.69 Å². The fraction of sp³-hybridized carbons (Fsp3) is 0.438. The van der Waals surface area contributed by atoms with Crippen molar-refractivity contribution in [2.75, 3.05) is 12.3 Å². The Bertz CT molecular complexity index is 586. The van der Waals surface area contributed by atoms with Crippen LogP contribution in [0.5, 0.6) is 0 Å². The molecule has 1 aliphatic rings. The van der Waals surface area contributed by atoms with E-state index in [1.54, 1.807) is 23.1 Å². The lowest BCUT2D eigenvalue weighted by molar-refractivity contribution is -0.147. The summed E-state index contributed by atoms with van der Waals surface area (Å²) in [6.07, 6.45) is 3.65. The number of benzene rings is 1. The molecule has 3 amide bonds. The molecule has 1 aromatic carbocycles. The zero-order chi connectivity index (χ0) is 16.1. The van der Waals surface area contributed by atoms with Gasteiger partial charge in [-0.1, -0.05) is 19.1 Å². The molecule has 0 spiro atoms. The van der Waals surface area contributed by atoms with Gasteiger partial charge >= 0.3 is 11.8 Å². The number of anilines is 1. The summed E-state index contributed by atoms with van der Waals surface area (Å²) in [5, 5.41) is 2.13. The summed E-state index contributed by atoms with van der Waals surface area (Å²) in [4.78, 5) is 37.9. The highest BCUT2D eigenvalue weighted by Crippen LogP contribution is 2.19. The molecule has 22 heavy (non-hydrogen) atoms. The molecule has 0 aromatic heterocycles. The number of piperidine rings is 1. The first-order valence-electron chi connectivity index (χ1n) is 7.55. The SMILES string of the molecule is CCC1CCCCN1C(=O)C(=O)NC(=O)c1ccccc1N. The van der Waals surface area contributed by atoms with E-state index in [-0.39, 0.29) is 17.3 Å². The number of imide groups is 1. The molecular weight excluding hydrogens is 282 g/mol. The molecule has 3 N–H and O–H groups in total. The summed E-state index contributed by atoms with van der Waals surface area (Å²) in [5.41, 5.74) is 6.15. The predicted molar refractivity (Wildman–Crippen MR) is 83.0 cm³/mol. The summed E-state index contributed by atoms with van der Waals surface area (Å²) in [6.45, 7) is 2.55. The molecule has 118 valence electrons. The van der Waals surface area contributed by atoms with Gasteiger partial charge in [0, 0.05) is 18.3 Å². The van der Waals surface area contributed by atoms with Crippen molar-refractivity contribution in [2.24, 2.45) is 0 Å². The lowest BCUT2D eigenvalue weighted by Crippen LogP contribution is -2.50. The van der Waals surface area contributed by atoms with Crippen LogP contribution in [0.15, 0.2) is 24.3 Å². The zero-order valence-electron chi connectivity index (χ0n) is 12.7. The molecule has 1 unspecified atom stereocenters. The second-order valence-electron chi connectivity index (χ2n) is 5.43. The van der Waals surface area contributed by atoms with Gasteiger partial charge in [0.1, 0.15) is 0 Å². The predicted octanol–water partition coefficient (Wildman–Crippen LogP) is 1.32. The van der Waals surface area contributed by atoms with Crippen molar-refractivity contribution >= 4 is 23.4 Å². The second kappa shape index (κ2) is 7.06. The number of hydrogen-bond acceptors (Lipinski definition) is 4. The third kappa shape index (κ3) is 3.44. The van der Waals surface area contributed by atoms with E-state index in [9.17, 15) is 14.4 Å². The number of amides is 3. The Morgan fingerprint density at radius 1 is 1.27 bits per heavy atom. The third-order valence-corrected chi connectivity index (χ3v) is 3.99. The highest BCUT2D eigenvalue weighted by molar-refractivity contribution is 6.38. The third-order valence-electron chi connectivity index (χ3n) is 3.99. The van der Waals surface area contributed by atoms with Gasteiger partial charge in [0.05, 0.1) is 5.56 Å². The van der Waals surface area contributed by atoms with E-state index < -0.39 is 17.7 Å². The molecule has 0 aliphatic carbocycles. The van der Waals surface area contributed by atoms with Crippen LogP contribution in [0.2, 0.25) is 0 Å². The number of nitrogens with two attached hydrogens (primary N) is 1. The van der Waals surface area contributed by atoms with Crippen LogP contribution in [-0.4, -0.2) is 35.2 Å². The molecule has 6 heteroatoms. The van der Waals surface area contributed by atoms with Crippen LogP contribution in [0.1, 0.15) is 43.0 Å². The van der Waals surface area contributed by atoms with Crippen molar-refractivity contribution in [3.63, 3.8) is 0 Å². The van der Waals surface area contributed by atoms with E-state index in [0.717, 1.165) is 25.7 Å². The van der Waals surface area contributed by atoms with Gasteiger partial charge in [0.25, 0.3) is 5.91 Å². The number of nitrogens with zero attached hydrogens (tertiary/aromatic N) is 1. The molecule has 0 bridgehead atoms. The first kappa shape index (κ1) is 16.0. The van der Waals surface area contributed by atoms with Crippen LogP contribution < -0.4 is 11.1 Å². The topological polar surface area (TPSA) is 92.5 Å². The first-order chi connectivity index (χ1) is 10.5. The quantitative estimate of drug-likeness (QED) is 0.636. The molecule has 1 atom stereocenters. The van der Waals surface area contributed by atoms with Gasteiger partial charge in [0.15, 0.2) is 0 Å². The Hall–Kier alpha value is -2.37. The monoisotopic (exact) mass is 303 g/mol. The molecule has 1 aliphatic heterocycles. The summed E-state index contributed by atoms with van der Waals surface area (Å²) in [6, 6.07) is 6.49. The number of nitrogen functional groups attached to an aromatic ring is 1. The number of hydrogen-bond donors (Lipinski definition) is 2. The van der Waals surface area contributed by atoms with E-state index in [4.69, 9.17) is 5.73 Å². The number of carbonyl (C=O) groups excluding carboxylic acids is 3. The Balaban J connectivity index is 2.03. The Morgan fingerprint density at radius 3 is 2.68 bits per heavy atom. The number of likely N-dealkylation sites (tertiary alicyclic amines) is 1. The van der Waals surface area contributed by atoms with E-state index in [0.29, 0.717) is 6.54 Å². The summed E-state index contributed by atoms with van der Waals surface area (Å²) >= 11 is 0. The minimum Gasteiger partial charge on any atom is -0.398 e. The van der Waals surface area contributed by atoms with Gasteiger partial charge in [-0.2, -0.15) is 0 Å². The summed E-state index contributed by atoms with van der Waals surface area (Å²) in [5.74, 6) is -2.19. The van der Waals surface area contributed by atoms with Crippen LogP contribution in [0.25, 0.3) is 0 Å². The zero-order valence-corrected chi connectivity index (χ0v) is 12.7. The first-order valence-corrected chi connectivity index (χ1v) is 7.55. The standard InChI is InChI=1S/C16H21N3O3/c1-2-11-7-5-6-10-19(11)16(22)15(21)18-14(20)12-8-3-4-9-13(12)17/h3-4,8-9,11H,2,5-7,10,17H2,1H3,(H,18,20,21). The fourth-order valence-corrected chi connectivity index (χ4v) is 2.75. The van der Waals surface area contributed by atoms with E-state index in [1.165, 1.54) is 6.07 Å². The maximum atomic E-state index is 12.2. The van der Waals surface area contributed by atoms with Crippen LogP contribution in [-0.2, 0) is 9.59 Å². The number of nitrogens with one attached hydrogen (secondary N) is 1. The summed E-state index contributed by atoms with van der Waals surface area (Å²) < 4.78 is 0. The molecule has 2 rings (SSSR count). The van der Waals surface area contributed by atoms with Crippen LogP contribution >= 0.6 is 0 Å². The molecule has 1 aromatic rings. The molecule has 1 heterocycles. The number of para-hydroxylation sites is 1. The van der Waals surface area contributed by atoms with Crippen molar-refractivity contribution in [1.29, 1.82) is 0 Å².